The molecule has 106 valence electrons. The van der Waals surface area contributed by atoms with Crippen LogP contribution < -0.4 is 10.6 Å². The first-order valence-corrected chi connectivity index (χ1v) is 7.15. The highest BCUT2D eigenvalue weighted by Crippen LogP contribution is 2.44. The maximum absolute atomic E-state index is 5.76. The minimum Gasteiger partial charge on any atom is -0.384 e. The lowest BCUT2D eigenvalue weighted by Crippen LogP contribution is -2.58. The predicted octanol–water partition coefficient (Wildman–Crippen LogP) is 3.13. The molecule has 4 heteroatoms. The van der Waals surface area contributed by atoms with E-state index in [0.29, 0.717) is 12.1 Å². The van der Waals surface area contributed by atoms with Crippen molar-refractivity contribution in [3.05, 3.63) is 18.5 Å². The normalized spacial score (nSPS) is 24.6. The molecule has 1 aliphatic rings. The predicted molar refractivity (Wildman–Crippen MR) is 79.6 cm³/mol. The molecule has 2 N–H and O–H groups in total. The molecule has 0 radical (unpaired) electrons. The number of rotatable bonds is 6. The van der Waals surface area contributed by atoms with E-state index in [2.05, 4.69) is 49.4 Å². The SMILES string of the molecule is CCNc1cncc(NC2CC(OCC)C2(C)C)c1. The van der Waals surface area contributed by atoms with Gasteiger partial charge in [-0.15, -0.1) is 0 Å². The molecule has 2 atom stereocenters. The Kier molecular flexibility index (Phi) is 4.30. The Morgan fingerprint density at radius 2 is 2.05 bits per heavy atom. The summed E-state index contributed by atoms with van der Waals surface area (Å²) in [5.74, 6) is 0. The van der Waals surface area contributed by atoms with E-state index in [1.165, 1.54) is 0 Å². The van der Waals surface area contributed by atoms with Crippen LogP contribution in [-0.2, 0) is 4.74 Å². The highest BCUT2D eigenvalue weighted by Gasteiger charge is 2.48. The van der Waals surface area contributed by atoms with Crippen LogP contribution in [0.2, 0.25) is 0 Å². The Morgan fingerprint density at radius 1 is 1.32 bits per heavy atom. The summed E-state index contributed by atoms with van der Waals surface area (Å²) in [5, 5.41) is 6.85. The van der Waals surface area contributed by atoms with E-state index in [-0.39, 0.29) is 5.41 Å². The Labute approximate surface area is 116 Å². The Morgan fingerprint density at radius 3 is 2.68 bits per heavy atom. The van der Waals surface area contributed by atoms with Gasteiger partial charge in [-0.2, -0.15) is 0 Å². The second-order valence-corrected chi connectivity index (χ2v) is 5.69. The van der Waals surface area contributed by atoms with Crippen LogP contribution in [0, 0.1) is 5.41 Å². The average Bonchev–Trinajstić information content (AvgIpc) is 2.38. The zero-order valence-electron chi connectivity index (χ0n) is 12.4. The van der Waals surface area contributed by atoms with Gasteiger partial charge in [-0.25, -0.2) is 0 Å². The van der Waals surface area contributed by atoms with Gasteiger partial charge < -0.3 is 15.4 Å². The molecule has 2 unspecified atom stereocenters. The molecule has 1 aromatic heterocycles. The van der Waals surface area contributed by atoms with Gasteiger partial charge in [0.25, 0.3) is 0 Å². The third-order valence-corrected chi connectivity index (χ3v) is 4.01. The van der Waals surface area contributed by atoms with Crippen molar-refractivity contribution in [1.82, 2.24) is 4.98 Å². The summed E-state index contributed by atoms with van der Waals surface area (Å²) in [6.07, 6.45) is 5.15. The van der Waals surface area contributed by atoms with Crippen molar-refractivity contribution in [3.63, 3.8) is 0 Å². The van der Waals surface area contributed by atoms with Crippen molar-refractivity contribution in [3.8, 4) is 0 Å². The van der Waals surface area contributed by atoms with E-state index in [9.17, 15) is 0 Å². The fourth-order valence-corrected chi connectivity index (χ4v) is 2.64. The summed E-state index contributed by atoms with van der Waals surface area (Å²) in [4.78, 5) is 4.26. The third-order valence-electron chi connectivity index (χ3n) is 4.01. The molecule has 2 rings (SSSR count). The minimum atomic E-state index is 0.171. The molecular weight excluding hydrogens is 238 g/mol. The molecule has 0 saturated heterocycles. The molecule has 0 spiro atoms. The minimum absolute atomic E-state index is 0.171. The first-order valence-electron chi connectivity index (χ1n) is 7.15. The number of hydrogen-bond acceptors (Lipinski definition) is 4. The summed E-state index contributed by atoms with van der Waals surface area (Å²) in [6.45, 7) is 10.4. The summed E-state index contributed by atoms with van der Waals surface area (Å²) in [5.41, 5.74) is 2.31. The molecule has 1 aromatic rings. The zero-order valence-corrected chi connectivity index (χ0v) is 12.4. The molecule has 1 heterocycles. The van der Waals surface area contributed by atoms with Crippen molar-refractivity contribution >= 4 is 11.4 Å². The van der Waals surface area contributed by atoms with Gasteiger partial charge in [-0.3, -0.25) is 4.98 Å². The summed E-state index contributed by atoms with van der Waals surface area (Å²) >= 11 is 0. The van der Waals surface area contributed by atoms with E-state index in [4.69, 9.17) is 4.74 Å². The van der Waals surface area contributed by atoms with Crippen LogP contribution in [0.1, 0.15) is 34.1 Å². The van der Waals surface area contributed by atoms with E-state index in [1.807, 2.05) is 12.4 Å². The van der Waals surface area contributed by atoms with Gasteiger partial charge in [0, 0.05) is 24.6 Å². The van der Waals surface area contributed by atoms with E-state index < -0.39 is 0 Å². The van der Waals surface area contributed by atoms with Crippen LogP contribution >= 0.6 is 0 Å². The molecular formula is C15H25N3O. The Bertz CT molecular complexity index is 420. The van der Waals surface area contributed by atoms with Gasteiger partial charge in [0.05, 0.1) is 29.9 Å². The molecule has 1 saturated carbocycles. The van der Waals surface area contributed by atoms with E-state index >= 15 is 0 Å². The summed E-state index contributed by atoms with van der Waals surface area (Å²) < 4.78 is 5.76. The number of nitrogens with one attached hydrogen (secondary N) is 2. The Hall–Kier alpha value is -1.29. The number of ether oxygens (including phenoxy) is 1. The van der Waals surface area contributed by atoms with Crippen LogP contribution in [0.15, 0.2) is 18.5 Å². The standard InChI is InChI=1S/C15H25N3O/c1-5-17-11-7-12(10-16-9-11)18-13-8-14(19-6-2)15(13,3)4/h7,9-10,13-14,17-18H,5-6,8H2,1-4H3. The highest BCUT2D eigenvalue weighted by atomic mass is 16.5. The monoisotopic (exact) mass is 263 g/mol. The Balaban J connectivity index is 1.97. The smallest absolute Gasteiger partial charge is 0.0665 e. The van der Waals surface area contributed by atoms with E-state index in [1.54, 1.807) is 0 Å². The van der Waals surface area contributed by atoms with Crippen molar-refractivity contribution in [2.45, 2.75) is 46.3 Å². The van der Waals surface area contributed by atoms with Gasteiger partial charge in [-0.1, -0.05) is 13.8 Å². The van der Waals surface area contributed by atoms with Crippen molar-refractivity contribution < 1.29 is 4.74 Å². The molecule has 4 nitrogen and oxygen atoms in total. The second-order valence-electron chi connectivity index (χ2n) is 5.69. The van der Waals surface area contributed by atoms with Crippen LogP contribution in [0.3, 0.4) is 0 Å². The first kappa shape index (κ1) is 14.1. The van der Waals surface area contributed by atoms with Crippen LogP contribution in [0.25, 0.3) is 0 Å². The van der Waals surface area contributed by atoms with Gasteiger partial charge >= 0.3 is 0 Å². The van der Waals surface area contributed by atoms with Crippen LogP contribution in [-0.4, -0.2) is 30.3 Å². The highest BCUT2D eigenvalue weighted by molar-refractivity contribution is 5.54. The van der Waals surface area contributed by atoms with E-state index in [0.717, 1.165) is 30.9 Å². The number of hydrogen-bond donors (Lipinski definition) is 2. The number of anilines is 2. The zero-order chi connectivity index (χ0) is 13.9. The van der Waals surface area contributed by atoms with Gasteiger partial charge in [0.2, 0.25) is 0 Å². The summed E-state index contributed by atoms with van der Waals surface area (Å²) in [7, 11) is 0. The number of nitrogens with zero attached hydrogens (tertiary/aromatic N) is 1. The van der Waals surface area contributed by atoms with Crippen molar-refractivity contribution in [2.75, 3.05) is 23.8 Å². The van der Waals surface area contributed by atoms with Crippen LogP contribution in [0.5, 0.6) is 0 Å². The maximum atomic E-state index is 5.76. The van der Waals surface area contributed by atoms with Gasteiger partial charge in [0.1, 0.15) is 0 Å². The molecule has 1 fully saturated rings. The molecule has 0 aromatic carbocycles. The topological polar surface area (TPSA) is 46.2 Å². The largest absolute Gasteiger partial charge is 0.384 e. The van der Waals surface area contributed by atoms with Gasteiger partial charge in [0.15, 0.2) is 0 Å². The molecule has 0 amide bonds. The fraction of sp³-hybridized carbons (Fsp3) is 0.667. The number of aromatic nitrogens is 1. The molecule has 0 aliphatic heterocycles. The lowest BCUT2D eigenvalue weighted by Gasteiger charge is -2.52. The first-order chi connectivity index (χ1) is 9.07. The maximum Gasteiger partial charge on any atom is 0.0665 e. The molecule has 1 aliphatic carbocycles. The number of pyridine rings is 1. The molecule has 19 heavy (non-hydrogen) atoms. The lowest BCUT2D eigenvalue weighted by atomic mass is 9.64. The average molecular weight is 263 g/mol. The van der Waals surface area contributed by atoms with Crippen molar-refractivity contribution in [1.29, 1.82) is 0 Å². The molecule has 0 bridgehead atoms. The summed E-state index contributed by atoms with van der Waals surface area (Å²) in [6, 6.07) is 2.56. The third kappa shape index (κ3) is 3.00. The fourth-order valence-electron chi connectivity index (χ4n) is 2.64. The van der Waals surface area contributed by atoms with Gasteiger partial charge in [-0.05, 0) is 26.3 Å². The van der Waals surface area contributed by atoms with Crippen LogP contribution in [0.4, 0.5) is 11.4 Å². The van der Waals surface area contributed by atoms with Crippen molar-refractivity contribution in [2.24, 2.45) is 5.41 Å². The lowest BCUT2D eigenvalue weighted by molar-refractivity contribution is -0.0976. The second kappa shape index (κ2) is 5.78. The quantitative estimate of drug-likeness (QED) is 0.827.